The maximum Gasteiger partial charge on any atom is 0.418 e. The second kappa shape index (κ2) is 5.59. The molecular formula is C13H15BrF3N. The third kappa shape index (κ3) is 3.46. The van der Waals surface area contributed by atoms with Gasteiger partial charge in [0.05, 0.1) is 11.3 Å². The Bertz CT molecular complexity index is 411. The normalized spacial score (nSPS) is 18.0. The van der Waals surface area contributed by atoms with Crippen molar-refractivity contribution in [1.82, 2.24) is 4.98 Å². The second-order valence-corrected chi connectivity index (χ2v) is 5.77. The van der Waals surface area contributed by atoms with Crippen LogP contribution < -0.4 is 0 Å². The van der Waals surface area contributed by atoms with Crippen LogP contribution in [0.4, 0.5) is 13.2 Å². The van der Waals surface area contributed by atoms with Crippen LogP contribution in [0.15, 0.2) is 16.7 Å². The summed E-state index contributed by atoms with van der Waals surface area (Å²) in [4.78, 5) is 3.97. The van der Waals surface area contributed by atoms with Crippen molar-refractivity contribution in [2.45, 2.75) is 44.7 Å². The third-order valence-electron chi connectivity index (χ3n) is 3.45. The van der Waals surface area contributed by atoms with Crippen LogP contribution in [0.5, 0.6) is 0 Å². The molecule has 1 nitrogen and oxygen atoms in total. The van der Waals surface area contributed by atoms with Gasteiger partial charge in [-0.05, 0) is 34.3 Å². The highest BCUT2D eigenvalue weighted by molar-refractivity contribution is 9.10. The van der Waals surface area contributed by atoms with Gasteiger partial charge < -0.3 is 0 Å². The molecule has 0 aromatic carbocycles. The van der Waals surface area contributed by atoms with E-state index in [1.165, 1.54) is 12.6 Å². The molecule has 1 heterocycles. The van der Waals surface area contributed by atoms with Crippen LogP contribution in [0.3, 0.4) is 0 Å². The summed E-state index contributed by atoms with van der Waals surface area (Å²) in [5.41, 5.74) is -0.403. The summed E-state index contributed by atoms with van der Waals surface area (Å²) in [6, 6.07) is 1.13. The quantitative estimate of drug-likeness (QED) is 0.748. The Morgan fingerprint density at radius 2 is 1.89 bits per heavy atom. The van der Waals surface area contributed by atoms with Gasteiger partial charge in [0.25, 0.3) is 0 Å². The fourth-order valence-electron chi connectivity index (χ4n) is 2.54. The summed E-state index contributed by atoms with van der Waals surface area (Å²) in [7, 11) is 0. The van der Waals surface area contributed by atoms with Crippen molar-refractivity contribution in [2.75, 3.05) is 0 Å². The molecule has 0 unspecified atom stereocenters. The molecule has 100 valence electrons. The lowest BCUT2D eigenvalue weighted by atomic mass is 9.85. The molecule has 1 fully saturated rings. The first-order valence-electron chi connectivity index (χ1n) is 6.18. The molecule has 0 aliphatic heterocycles. The number of hydrogen-bond acceptors (Lipinski definition) is 1. The summed E-state index contributed by atoms with van der Waals surface area (Å²) in [6.07, 6.45) is 3.09. The first kappa shape index (κ1) is 13.8. The number of halogens is 4. The van der Waals surface area contributed by atoms with Crippen LogP contribution >= 0.6 is 15.9 Å². The topological polar surface area (TPSA) is 12.9 Å². The Labute approximate surface area is 113 Å². The van der Waals surface area contributed by atoms with E-state index < -0.39 is 11.7 Å². The SMILES string of the molecule is FC(F)(F)c1cc(Br)cnc1CC1CCCCC1. The van der Waals surface area contributed by atoms with Gasteiger partial charge in [-0.25, -0.2) is 0 Å². The van der Waals surface area contributed by atoms with Crippen molar-refractivity contribution in [3.63, 3.8) is 0 Å². The van der Waals surface area contributed by atoms with Gasteiger partial charge in [-0.3, -0.25) is 4.98 Å². The van der Waals surface area contributed by atoms with E-state index in [9.17, 15) is 13.2 Å². The molecule has 0 bridgehead atoms. The highest BCUT2D eigenvalue weighted by Crippen LogP contribution is 2.35. The number of hydrogen-bond donors (Lipinski definition) is 0. The molecular weight excluding hydrogens is 307 g/mol. The average molecular weight is 322 g/mol. The Morgan fingerprint density at radius 3 is 2.50 bits per heavy atom. The Kier molecular flexibility index (Phi) is 4.30. The number of alkyl halides is 3. The molecule has 1 aliphatic carbocycles. The van der Waals surface area contributed by atoms with Gasteiger partial charge in [-0.2, -0.15) is 13.2 Å². The fraction of sp³-hybridized carbons (Fsp3) is 0.615. The van der Waals surface area contributed by atoms with Gasteiger partial charge in [0.15, 0.2) is 0 Å². The monoisotopic (exact) mass is 321 g/mol. The lowest BCUT2D eigenvalue weighted by molar-refractivity contribution is -0.138. The van der Waals surface area contributed by atoms with E-state index in [1.54, 1.807) is 0 Å². The zero-order chi connectivity index (χ0) is 13.2. The molecule has 0 spiro atoms. The van der Waals surface area contributed by atoms with Gasteiger partial charge in [0.1, 0.15) is 0 Å². The molecule has 0 saturated heterocycles. The molecule has 2 rings (SSSR count). The van der Waals surface area contributed by atoms with E-state index in [4.69, 9.17) is 0 Å². The number of pyridine rings is 1. The Balaban J connectivity index is 2.21. The van der Waals surface area contributed by atoms with Gasteiger partial charge in [-0.1, -0.05) is 32.1 Å². The Hall–Kier alpha value is -0.580. The number of nitrogens with zero attached hydrogens (tertiary/aromatic N) is 1. The summed E-state index contributed by atoms with van der Waals surface area (Å²) >= 11 is 3.05. The standard InChI is InChI=1S/C13H15BrF3N/c14-10-7-11(13(15,16)17)12(18-8-10)6-9-4-2-1-3-5-9/h7-9H,1-6H2. The van der Waals surface area contributed by atoms with Crippen LogP contribution in [-0.2, 0) is 12.6 Å². The highest BCUT2D eigenvalue weighted by atomic mass is 79.9. The van der Waals surface area contributed by atoms with E-state index >= 15 is 0 Å². The smallest absolute Gasteiger partial charge is 0.259 e. The first-order chi connectivity index (χ1) is 8.47. The van der Waals surface area contributed by atoms with Gasteiger partial charge >= 0.3 is 6.18 Å². The fourth-order valence-corrected chi connectivity index (χ4v) is 2.87. The minimum atomic E-state index is -4.32. The molecule has 0 amide bonds. The minimum absolute atomic E-state index is 0.192. The van der Waals surface area contributed by atoms with E-state index in [0.29, 0.717) is 16.8 Å². The Morgan fingerprint density at radius 1 is 1.22 bits per heavy atom. The molecule has 5 heteroatoms. The zero-order valence-electron chi connectivity index (χ0n) is 9.93. The molecule has 1 aromatic rings. The van der Waals surface area contributed by atoms with Gasteiger partial charge in [-0.15, -0.1) is 0 Å². The van der Waals surface area contributed by atoms with Crippen LogP contribution in [0.1, 0.15) is 43.4 Å². The lowest BCUT2D eigenvalue weighted by Crippen LogP contribution is -2.16. The van der Waals surface area contributed by atoms with Gasteiger partial charge in [0, 0.05) is 10.7 Å². The predicted octanol–water partition coefficient (Wildman–Crippen LogP) is 4.99. The van der Waals surface area contributed by atoms with E-state index in [0.717, 1.165) is 31.7 Å². The molecule has 1 aromatic heterocycles. The third-order valence-corrected chi connectivity index (χ3v) is 3.88. The summed E-state index contributed by atoms with van der Waals surface area (Å²) in [6.45, 7) is 0. The molecule has 0 N–H and O–H groups in total. The van der Waals surface area contributed by atoms with Crippen molar-refractivity contribution in [2.24, 2.45) is 5.92 Å². The summed E-state index contributed by atoms with van der Waals surface area (Å²) < 4.78 is 39.1. The number of rotatable bonds is 2. The van der Waals surface area contributed by atoms with Crippen LogP contribution in [-0.4, -0.2) is 4.98 Å². The van der Waals surface area contributed by atoms with E-state index in [2.05, 4.69) is 20.9 Å². The first-order valence-corrected chi connectivity index (χ1v) is 6.98. The van der Waals surface area contributed by atoms with Crippen molar-refractivity contribution in [3.8, 4) is 0 Å². The predicted molar refractivity (Wildman–Crippen MR) is 67.2 cm³/mol. The summed E-state index contributed by atoms with van der Waals surface area (Å²) in [5.74, 6) is 0.355. The average Bonchev–Trinajstić information content (AvgIpc) is 2.31. The largest absolute Gasteiger partial charge is 0.418 e. The van der Waals surface area contributed by atoms with Crippen LogP contribution in [0, 0.1) is 5.92 Å². The molecule has 1 saturated carbocycles. The van der Waals surface area contributed by atoms with Crippen molar-refractivity contribution in [1.29, 1.82) is 0 Å². The lowest BCUT2D eigenvalue weighted by Gasteiger charge is -2.22. The van der Waals surface area contributed by atoms with Crippen molar-refractivity contribution >= 4 is 15.9 Å². The maximum atomic E-state index is 12.9. The number of aromatic nitrogens is 1. The summed E-state index contributed by atoms with van der Waals surface area (Å²) in [5, 5.41) is 0. The van der Waals surface area contributed by atoms with Crippen LogP contribution in [0.25, 0.3) is 0 Å². The molecule has 0 atom stereocenters. The van der Waals surface area contributed by atoms with E-state index in [-0.39, 0.29) is 5.69 Å². The molecule has 18 heavy (non-hydrogen) atoms. The maximum absolute atomic E-state index is 12.9. The zero-order valence-corrected chi connectivity index (χ0v) is 11.5. The highest BCUT2D eigenvalue weighted by Gasteiger charge is 2.35. The molecule has 1 aliphatic rings. The second-order valence-electron chi connectivity index (χ2n) is 4.85. The van der Waals surface area contributed by atoms with Crippen molar-refractivity contribution < 1.29 is 13.2 Å². The van der Waals surface area contributed by atoms with Crippen LogP contribution in [0.2, 0.25) is 0 Å². The minimum Gasteiger partial charge on any atom is -0.259 e. The van der Waals surface area contributed by atoms with Gasteiger partial charge in [0.2, 0.25) is 0 Å². The van der Waals surface area contributed by atoms with Crippen molar-refractivity contribution in [3.05, 3.63) is 28.0 Å². The van der Waals surface area contributed by atoms with E-state index in [1.807, 2.05) is 0 Å². The molecule has 0 radical (unpaired) electrons.